The van der Waals surface area contributed by atoms with Gasteiger partial charge in [-0.2, -0.15) is 18.3 Å². The molecule has 6 rings (SSSR count). The molecule has 2 aliphatic rings. The van der Waals surface area contributed by atoms with Crippen LogP contribution in [0.5, 0.6) is 5.88 Å². The molecule has 15 heteroatoms. The van der Waals surface area contributed by atoms with Crippen molar-refractivity contribution >= 4 is 51.6 Å². The molecular weight excluding hydrogens is 574 g/mol. The van der Waals surface area contributed by atoms with Gasteiger partial charge in [-0.15, -0.1) is 5.10 Å². The molecule has 2 fully saturated rings. The lowest BCUT2D eigenvalue weighted by Crippen LogP contribution is -2.39. The van der Waals surface area contributed by atoms with Crippen LogP contribution in [-0.2, 0) is 0 Å². The molecule has 3 aromatic heterocycles. The van der Waals surface area contributed by atoms with Gasteiger partial charge in [-0.25, -0.2) is 9.67 Å². The zero-order chi connectivity index (χ0) is 28.2. The summed E-state index contributed by atoms with van der Waals surface area (Å²) in [5, 5.41) is 17.2. The van der Waals surface area contributed by atoms with Crippen molar-refractivity contribution in [1.29, 1.82) is 0 Å². The minimum Gasteiger partial charge on any atom is -0.467 e. The third-order valence-electron chi connectivity index (χ3n) is 6.91. The summed E-state index contributed by atoms with van der Waals surface area (Å²) in [6, 6.07) is 5.56. The van der Waals surface area contributed by atoms with Gasteiger partial charge in [0.25, 0.3) is 11.8 Å². The number of halogens is 5. The van der Waals surface area contributed by atoms with E-state index in [1.807, 2.05) is 0 Å². The molecule has 3 heterocycles. The number of alkyl halides is 3. The van der Waals surface area contributed by atoms with Crippen molar-refractivity contribution in [3.8, 4) is 11.7 Å². The molecule has 0 spiro atoms. The van der Waals surface area contributed by atoms with Crippen LogP contribution in [-0.4, -0.2) is 55.1 Å². The number of hydrogen-bond donors (Lipinski definition) is 3. The van der Waals surface area contributed by atoms with E-state index >= 15 is 0 Å². The van der Waals surface area contributed by atoms with E-state index in [9.17, 15) is 22.8 Å². The number of carbonyl (C=O) groups excluding carboxylic acids is 2. The second-order valence-corrected chi connectivity index (χ2v) is 10.6. The summed E-state index contributed by atoms with van der Waals surface area (Å²) in [7, 11) is 0. The Bertz CT molecular complexity index is 1640. The quantitative estimate of drug-likeness (QED) is 0.254. The van der Waals surface area contributed by atoms with E-state index in [2.05, 4.69) is 30.9 Å². The predicted molar refractivity (Wildman–Crippen MR) is 139 cm³/mol. The number of pyridine rings is 1. The molecule has 4 aromatic rings. The number of anilines is 1. The smallest absolute Gasteiger partial charge is 0.422 e. The highest BCUT2D eigenvalue weighted by atomic mass is 35.5. The Kier molecular flexibility index (Phi) is 6.37. The van der Waals surface area contributed by atoms with Crippen molar-refractivity contribution in [3.05, 3.63) is 58.0 Å². The first-order valence-corrected chi connectivity index (χ1v) is 13.0. The number of amides is 2. The van der Waals surface area contributed by atoms with Crippen LogP contribution in [0.3, 0.4) is 0 Å². The maximum atomic E-state index is 13.6. The molecule has 0 saturated heterocycles. The summed E-state index contributed by atoms with van der Waals surface area (Å²) in [4.78, 5) is 31.3. The molecule has 0 aliphatic heterocycles. The number of aromatic amines is 1. The Morgan fingerprint density at radius 1 is 1.18 bits per heavy atom. The summed E-state index contributed by atoms with van der Waals surface area (Å²) < 4.78 is 44.1. The molecule has 0 radical (unpaired) electrons. The maximum absolute atomic E-state index is 13.6. The molecule has 2 aliphatic carbocycles. The van der Waals surface area contributed by atoms with Crippen LogP contribution in [0, 0.1) is 5.92 Å². The van der Waals surface area contributed by atoms with E-state index in [-0.39, 0.29) is 38.3 Å². The van der Waals surface area contributed by atoms with Gasteiger partial charge in [-0.05, 0) is 49.8 Å². The molecule has 3 N–H and O–H groups in total. The summed E-state index contributed by atoms with van der Waals surface area (Å²) in [6.45, 7) is -1.63. The predicted octanol–water partition coefficient (Wildman–Crippen LogP) is 5.32. The second-order valence-electron chi connectivity index (χ2n) is 9.77. The standard InChI is InChI=1S/C25H20Cl2F3N7O3/c26-14-2-1-7-31-21(14)37-16(9-17(36-37)40-11-25(28,29)30)22(38)33-20-15(27)8-12-10-32-35-19(12)18(20)23(39)34-24(5-6-24)13-3-4-13/h1-2,7-10,13H,3-6,11H2,(H,32,35)(H,33,38)(H,34,39). The average molecular weight is 594 g/mol. The van der Waals surface area contributed by atoms with E-state index in [0.717, 1.165) is 36.4 Å². The summed E-state index contributed by atoms with van der Waals surface area (Å²) in [5.41, 5.74) is -0.103. The normalized spacial score (nSPS) is 16.1. The van der Waals surface area contributed by atoms with Crippen molar-refractivity contribution in [3.63, 3.8) is 0 Å². The summed E-state index contributed by atoms with van der Waals surface area (Å²) in [5.74, 6) is -1.39. The van der Waals surface area contributed by atoms with Crippen molar-refractivity contribution in [2.75, 3.05) is 11.9 Å². The Balaban J connectivity index is 1.38. The van der Waals surface area contributed by atoms with Gasteiger partial charge in [0.05, 0.1) is 33.0 Å². The fraction of sp³-hybridized carbons (Fsp3) is 0.320. The van der Waals surface area contributed by atoms with Gasteiger partial charge in [0.2, 0.25) is 5.88 Å². The highest BCUT2D eigenvalue weighted by Crippen LogP contribution is 2.54. The van der Waals surface area contributed by atoms with E-state index < -0.39 is 30.5 Å². The first-order chi connectivity index (χ1) is 19.0. The molecule has 2 saturated carbocycles. The minimum absolute atomic E-state index is 0.00913. The zero-order valence-electron chi connectivity index (χ0n) is 20.5. The molecule has 0 atom stereocenters. The molecule has 0 unspecified atom stereocenters. The van der Waals surface area contributed by atoms with Gasteiger partial charge in [0, 0.05) is 23.2 Å². The number of rotatable bonds is 8. The Labute approximate surface area is 234 Å². The van der Waals surface area contributed by atoms with Gasteiger partial charge >= 0.3 is 6.18 Å². The van der Waals surface area contributed by atoms with Crippen molar-refractivity contribution < 1.29 is 27.5 Å². The van der Waals surface area contributed by atoms with Crippen LogP contribution < -0.4 is 15.4 Å². The van der Waals surface area contributed by atoms with Crippen LogP contribution in [0.15, 0.2) is 36.7 Å². The van der Waals surface area contributed by atoms with Gasteiger partial charge in [-0.1, -0.05) is 23.2 Å². The van der Waals surface area contributed by atoms with Gasteiger partial charge < -0.3 is 15.4 Å². The number of benzene rings is 1. The first-order valence-electron chi connectivity index (χ1n) is 12.2. The molecule has 40 heavy (non-hydrogen) atoms. The number of nitrogens with zero attached hydrogens (tertiary/aromatic N) is 4. The summed E-state index contributed by atoms with van der Waals surface area (Å²) >= 11 is 12.8. The monoisotopic (exact) mass is 593 g/mol. The Hall–Kier alpha value is -3.84. The van der Waals surface area contributed by atoms with E-state index in [4.69, 9.17) is 27.9 Å². The third-order valence-corrected chi connectivity index (χ3v) is 7.50. The molecule has 10 nitrogen and oxygen atoms in total. The van der Waals surface area contributed by atoms with Gasteiger partial charge in [0.15, 0.2) is 12.4 Å². The van der Waals surface area contributed by atoms with Crippen LogP contribution in [0.2, 0.25) is 10.0 Å². The largest absolute Gasteiger partial charge is 0.467 e. The first kappa shape index (κ1) is 26.4. The number of hydrogen-bond acceptors (Lipinski definition) is 6. The van der Waals surface area contributed by atoms with Crippen LogP contribution in [0.25, 0.3) is 16.7 Å². The molecule has 208 valence electrons. The Morgan fingerprint density at radius 3 is 2.62 bits per heavy atom. The molecular formula is C25H20Cl2F3N7O3. The van der Waals surface area contributed by atoms with Crippen LogP contribution in [0.4, 0.5) is 18.9 Å². The zero-order valence-corrected chi connectivity index (χ0v) is 22.0. The highest BCUT2D eigenvalue weighted by molar-refractivity contribution is 6.36. The fourth-order valence-corrected chi connectivity index (χ4v) is 5.18. The van der Waals surface area contributed by atoms with Gasteiger partial charge in [-0.3, -0.25) is 14.7 Å². The van der Waals surface area contributed by atoms with Crippen molar-refractivity contribution in [2.45, 2.75) is 37.4 Å². The second kappa shape index (κ2) is 9.66. The SMILES string of the molecule is O=C(NC1(C2CC2)CC1)c1c(NC(=O)c2cc(OCC(F)(F)F)nn2-c2ncccc2Cl)c(Cl)cc2cn[nH]c12. The van der Waals surface area contributed by atoms with Gasteiger partial charge in [0.1, 0.15) is 5.69 Å². The number of fused-ring (bicyclic) bond motifs is 1. The third kappa shape index (κ3) is 5.06. The number of nitrogens with one attached hydrogen (secondary N) is 3. The van der Waals surface area contributed by atoms with Crippen LogP contribution >= 0.6 is 23.2 Å². The van der Waals surface area contributed by atoms with Crippen molar-refractivity contribution in [1.82, 2.24) is 30.3 Å². The van der Waals surface area contributed by atoms with E-state index in [1.165, 1.54) is 30.6 Å². The minimum atomic E-state index is -4.64. The fourth-order valence-electron chi connectivity index (χ4n) is 4.72. The lowest BCUT2D eigenvalue weighted by molar-refractivity contribution is -0.154. The van der Waals surface area contributed by atoms with E-state index in [0.29, 0.717) is 16.8 Å². The number of H-pyrrole nitrogens is 1. The number of ether oxygens (including phenoxy) is 1. The van der Waals surface area contributed by atoms with Crippen LogP contribution in [0.1, 0.15) is 46.5 Å². The molecule has 2 amide bonds. The maximum Gasteiger partial charge on any atom is 0.422 e. The van der Waals surface area contributed by atoms with E-state index in [1.54, 1.807) is 0 Å². The number of carbonyl (C=O) groups is 2. The van der Waals surface area contributed by atoms with Crippen molar-refractivity contribution in [2.24, 2.45) is 5.92 Å². The highest BCUT2D eigenvalue weighted by Gasteiger charge is 2.55. The molecule has 0 bridgehead atoms. The average Bonchev–Trinajstić information content (AvgIpc) is 3.80. The topological polar surface area (TPSA) is 127 Å². The number of aromatic nitrogens is 5. The lowest BCUT2D eigenvalue weighted by atomic mass is 10.1. The summed E-state index contributed by atoms with van der Waals surface area (Å²) in [6.07, 6.45) is 2.05. The Morgan fingerprint density at radius 2 is 1.95 bits per heavy atom. The molecule has 1 aromatic carbocycles. The lowest BCUT2D eigenvalue weighted by Gasteiger charge is -2.19.